The summed E-state index contributed by atoms with van der Waals surface area (Å²) in [4.78, 5) is 16.1. The van der Waals surface area contributed by atoms with Gasteiger partial charge in [0.1, 0.15) is 5.82 Å². The molecule has 0 aliphatic carbocycles. The molecule has 0 aliphatic rings. The highest BCUT2D eigenvalue weighted by Gasteiger charge is 2.02. The summed E-state index contributed by atoms with van der Waals surface area (Å²) in [7, 11) is 0. The molecule has 2 amide bonds. The van der Waals surface area contributed by atoms with Gasteiger partial charge in [-0.3, -0.25) is 0 Å². The topological polar surface area (TPSA) is 63.9 Å². The summed E-state index contributed by atoms with van der Waals surface area (Å²) >= 11 is 0. The van der Waals surface area contributed by atoms with Crippen LogP contribution in [0.25, 0.3) is 0 Å². The summed E-state index contributed by atoms with van der Waals surface area (Å²) in [6.07, 6.45) is 7.70. The third-order valence-corrected chi connectivity index (χ3v) is 3.81. The molecule has 24 heavy (non-hydrogen) atoms. The smallest absolute Gasteiger partial charge is 0.319 e. The first-order valence-corrected chi connectivity index (χ1v) is 7.93. The SMILES string of the molecule is Cc1nccn1Cc1ccc(NC(=O)NCCn2cccc2)cc1. The monoisotopic (exact) mass is 323 g/mol. The average molecular weight is 323 g/mol. The molecule has 0 bridgehead atoms. The van der Waals surface area contributed by atoms with E-state index < -0.39 is 0 Å². The van der Waals surface area contributed by atoms with Gasteiger partial charge in [0.25, 0.3) is 0 Å². The highest BCUT2D eigenvalue weighted by atomic mass is 16.2. The molecule has 6 heteroatoms. The Labute approximate surface area is 141 Å². The Morgan fingerprint density at radius 2 is 1.88 bits per heavy atom. The Morgan fingerprint density at radius 3 is 2.54 bits per heavy atom. The molecule has 124 valence electrons. The number of aryl methyl sites for hydroxylation is 1. The van der Waals surface area contributed by atoms with Gasteiger partial charge in [0, 0.05) is 50.1 Å². The Morgan fingerprint density at radius 1 is 1.12 bits per heavy atom. The molecule has 0 saturated carbocycles. The van der Waals surface area contributed by atoms with Crippen molar-refractivity contribution in [3.63, 3.8) is 0 Å². The molecule has 0 radical (unpaired) electrons. The zero-order valence-corrected chi connectivity index (χ0v) is 13.6. The van der Waals surface area contributed by atoms with Gasteiger partial charge in [0.15, 0.2) is 0 Å². The highest BCUT2D eigenvalue weighted by Crippen LogP contribution is 2.11. The van der Waals surface area contributed by atoms with Gasteiger partial charge in [-0.25, -0.2) is 9.78 Å². The van der Waals surface area contributed by atoms with Crippen molar-refractivity contribution < 1.29 is 4.79 Å². The number of carbonyl (C=O) groups excluding carboxylic acids is 1. The van der Waals surface area contributed by atoms with Crippen molar-refractivity contribution in [2.45, 2.75) is 20.0 Å². The van der Waals surface area contributed by atoms with Gasteiger partial charge in [-0.1, -0.05) is 12.1 Å². The van der Waals surface area contributed by atoms with E-state index in [9.17, 15) is 4.79 Å². The van der Waals surface area contributed by atoms with Gasteiger partial charge in [-0.05, 0) is 36.8 Å². The lowest BCUT2D eigenvalue weighted by molar-refractivity contribution is 0.251. The standard InChI is InChI=1S/C18H21N5O/c1-15-19-9-13-23(15)14-16-4-6-17(7-5-16)21-18(24)20-8-12-22-10-2-3-11-22/h2-7,9-11,13H,8,12,14H2,1H3,(H2,20,21,24). The molecule has 6 nitrogen and oxygen atoms in total. The fourth-order valence-electron chi connectivity index (χ4n) is 2.45. The van der Waals surface area contributed by atoms with Crippen molar-refractivity contribution >= 4 is 11.7 Å². The predicted molar refractivity (Wildman–Crippen MR) is 94.0 cm³/mol. The van der Waals surface area contributed by atoms with Gasteiger partial charge in [0.05, 0.1) is 0 Å². The van der Waals surface area contributed by atoms with Crippen LogP contribution in [0.4, 0.5) is 10.5 Å². The van der Waals surface area contributed by atoms with Gasteiger partial charge < -0.3 is 19.8 Å². The maximum absolute atomic E-state index is 11.9. The average Bonchev–Trinajstić information content (AvgIpc) is 3.22. The van der Waals surface area contributed by atoms with E-state index in [1.54, 1.807) is 6.20 Å². The quantitative estimate of drug-likeness (QED) is 0.732. The van der Waals surface area contributed by atoms with Crippen molar-refractivity contribution in [3.05, 3.63) is 72.6 Å². The van der Waals surface area contributed by atoms with Crippen LogP contribution in [0.15, 0.2) is 61.2 Å². The lowest BCUT2D eigenvalue weighted by Gasteiger charge is -2.09. The number of imidazole rings is 1. The van der Waals surface area contributed by atoms with E-state index in [4.69, 9.17) is 0 Å². The molecule has 3 aromatic rings. The molecule has 2 aromatic heterocycles. The summed E-state index contributed by atoms with van der Waals surface area (Å²) in [5.74, 6) is 0.985. The third-order valence-electron chi connectivity index (χ3n) is 3.81. The fraction of sp³-hybridized carbons (Fsp3) is 0.222. The van der Waals surface area contributed by atoms with E-state index in [2.05, 4.69) is 20.2 Å². The van der Waals surface area contributed by atoms with Gasteiger partial charge in [0.2, 0.25) is 0 Å². The third kappa shape index (κ3) is 4.25. The van der Waals surface area contributed by atoms with Crippen molar-refractivity contribution in [1.82, 2.24) is 19.4 Å². The van der Waals surface area contributed by atoms with Gasteiger partial charge >= 0.3 is 6.03 Å². The number of anilines is 1. The van der Waals surface area contributed by atoms with E-state index in [0.29, 0.717) is 6.54 Å². The lowest BCUT2D eigenvalue weighted by atomic mass is 10.2. The van der Waals surface area contributed by atoms with E-state index in [0.717, 1.165) is 30.2 Å². The molecular formula is C18H21N5O. The first-order valence-electron chi connectivity index (χ1n) is 7.93. The molecule has 0 saturated heterocycles. The zero-order valence-electron chi connectivity index (χ0n) is 13.6. The predicted octanol–water partition coefficient (Wildman–Crippen LogP) is 2.86. The summed E-state index contributed by atoms with van der Waals surface area (Å²) in [5.41, 5.74) is 1.94. The van der Waals surface area contributed by atoms with E-state index in [-0.39, 0.29) is 6.03 Å². The van der Waals surface area contributed by atoms with E-state index in [1.165, 1.54) is 0 Å². The van der Waals surface area contributed by atoms with Crippen molar-refractivity contribution in [2.75, 3.05) is 11.9 Å². The Bertz CT molecular complexity index is 774. The van der Waals surface area contributed by atoms with Crippen LogP contribution in [0.3, 0.4) is 0 Å². The Kier molecular flexibility index (Phi) is 4.96. The minimum Gasteiger partial charge on any atom is -0.353 e. The number of hydrogen-bond donors (Lipinski definition) is 2. The van der Waals surface area contributed by atoms with Crippen molar-refractivity contribution in [1.29, 1.82) is 0 Å². The largest absolute Gasteiger partial charge is 0.353 e. The molecule has 0 unspecified atom stereocenters. The van der Waals surface area contributed by atoms with Gasteiger partial charge in [-0.15, -0.1) is 0 Å². The second-order valence-corrected chi connectivity index (χ2v) is 5.60. The van der Waals surface area contributed by atoms with E-state index in [1.807, 2.05) is 66.5 Å². The highest BCUT2D eigenvalue weighted by molar-refractivity contribution is 5.89. The lowest BCUT2D eigenvalue weighted by Crippen LogP contribution is -2.31. The fourth-order valence-corrected chi connectivity index (χ4v) is 2.45. The first kappa shape index (κ1) is 15.9. The minimum atomic E-state index is -0.194. The Hall–Kier alpha value is -3.02. The molecule has 2 N–H and O–H groups in total. The van der Waals surface area contributed by atoms with Crippen LogP contribution in [-0.4, -0.2) is 26.7 Å². The van der Waals surface area contributed by atoms with Crippen molar-refractivity contribution in [3.8, 4) is 0 Å². The van der Waals surface area contributed by atoms with Crippen molar-refractivity contribution in [2.24, 2.45) is 0 Å². The van der Waals surface area contributed by atoms with Crippen LogP contribution >= 0.6 is 0 Å². The molecular weight excluding hydrogens is 302 g/mol. The molecule has 0 atom stereocenters. The second kappa shape index (κ2) is 7.50. The summed E-state index contributed by atoms with van der Waals surface area (Å²) in [6, 6.07) is 11.6. The number of benzene rings is 1. The van der Waals surface area contributed by atoms with E-state index >= 15 is 0 Å². The number of aromatic nitrogens is 3. The summed E-state index contributed by atoms with van der Waals surface area (Å²) < 4.78 is 4.10. The van der Waals surface area contributed by atoms with Crippen LogP contribution in [0.5, 0.6) is 0 Å². The summed E-state index contributed by atoms with van der Waals surface area (Å²) in [6.45, 7) is 4.09. The molecule has 1 aromatic carbocycles. The van der Waals surface area contributed by atoms with Crippen LogP contribution < -0.4 is 10.6 Å². The molecule has 0 fully saturated rings. The van der Waals surface area contributed by atoms with Gasteiger partial charge in [-0.2, -0.15) is 0 Å². The zero-order chi connectivity index (χ0) is 16.8. The van der Waals surface area contributed by atoms with Crippen LogP contribution in [0, 0.1) is 6.92 Å². The maximum atomic E-state index is 11.9. The number of urea groups is 1. The number of nitrogens with one attached hydrogen (secondary N) is 2. The summed E-state index contributed by atoms with van der Waals surface area (Å²) in [5, 5.41) is 5.69. The molecule has 0 spiro atoms. The molecule has 0 aliphatic heterocycles. The van der Waals surface area contributed by atoms with Crippen LogP contribution in [0.2, 0.25) is 0 Å². The Balaban J connectivity index is 1.46. The maximum Gasteiger partial charge on any atom is 0.319 e. The molecule has 2 heterocycles. The number of hydrogen-bond acceptors (Lipinski definition) is 2. The van der Waals surface area contributed by atoms with Crippen LogP contribution in [-0.2, 0) is 13.1 Å². The normalized spacial score (nSPS) is 10.5. The minimum absolute atomic E-state index is 0.194. The number of amides is 2. The number of carbonyl (C=O) groups is 1. The first-order chi connectivity index (χ1) is 11.7. The van der Waals surface area contributed by atoms with Crippen LogP contribution in [0.1, 0.15) is 11.4 Å². The second-order valence-electron chi connectivity index (χ2n) is 5.60. The number of nitrogens with zero attached hydrogens (tertiary/aromatic N) is 3. The molecule has 3 rings (SSSR count). The number of rotatable bonds is 6.